The molecule has 0 amide bonds. The van der Waals surface area contributed by atoms with Crippen LogP contribution < -0.4 is 10.2 Å². The first-order chi connectivity index (χ1) is 5.24. The molecule has 0 aromatic carbocycles. The van der Waals surface area contributed by atoms with E-state index in [0.717, 1.165) is 0 Å². The maximum Gasteiger partial charge on any atom is 0.0275 e. The van der Waals surface area contributed by atoms with Crippen LogP contribution >= 0.6 is 0 Å². The van der Waals surface area contributed by atoms with Gasteiger partial charge in [-0.1, -0.05) is 0 Å². The van der Waals surface area contributed by atoms with E-state index in [1.807, 2.05) is 0 Å². The van der Waals surface area contributed by atoms with E-state index in [4.69, 9.17) is 19.8 Å². The van der Waals surface area contributed by atoms with E-state index in [1.54, 1.807) is 0 Å². The van der Waals surface area contributed by atoms with Crippen LogP contribution in [0.1, 0.15) is 19.8 Å². The number of rotatable bonds is 2. The Morgan fingerprint density at radius 3 is 1.55 bits per heavy atom. The molecule has 0 heterocycles. The monoisotopic (exact) mass is 174 g/mol. The second kappa shape index (κ2) is 34.0. The molecule has 0 saturated carbocycles. The molecule has 0 aliphatic heterocycles. The minimum absolute atomic E-state index is 0.500. The van der Waals surface area contributed by atoms with Crippen molar-refractivity contribution in [3.63, 3.8) is 0 Å². The predicted octanol–water partition coefficient (Wildman–Crippen LogP) is -1.89. The summed E-state index contributed by atoms with van der Waals surface area (Å²) in [4.78, 5) is 16.5. The van der Waals surface area contributed by atoms with Crippen molar-refractivity contribution in [2.75, 3.05) is 0 Å². The molecule has 0 unspecified atom stereocenters. The summed E-state index contributed by atoms with van der Waals surface area (Å²) < 4.78 is 0. The van der Waals surface area contributed by atoms with E-state index in [-0.39, 0.29) is 0 Å². The third-order valence-electron chi connectivity index (χ3n) is 0.558. The Morgan fingerprint density at radius 1 is 1.27 bits per heavy atom. The summed E-state index contributed by atoms with van der Waals surface area (Å²) in [6.45, 7) is 1.20. The van der Waals surface area contributed by atoms with Crippen LogP contribution in [0, 0.1) is 0 Å². The molecular formula is C6H11AlO4. The van der Waals surface area contributed by atoms with Gasteiger partial charge in [-0.25, -0.2) is 0 Å². The first-order valence-corrected chi connectivity index (χ1v) is 3.87. The Labute approximate surface area is 74.6 Å². The molecule has 0 aliphatic carbocycles. The molecule has 0 spiro atoms. The Morgan fingerprint density at radius 2 is 1.55 bits per heavy atom. The summed E-state index contributed by atoms with van der Waals surface area (Å²) in [6, 6.07) is 0. The normalized spacial score (nSPS) is 6.09. The summed E-state index contributed by atoms with van der Waals surface area (Å²) in [7, 11) is 0. The van der Waals surface area contributed by atoms with Gasteiger partial charge in [-0.3, -0.25) is 0 Å². The number of carboxylic acid groups (broad SMARTS) is 2. The summed E-state index contributed by atoms with van der Waals surface area (Å²) in [6.07, 6.45) is 2.67. The smallest absolute Gasteiger partial charge is 0.0275 e. The van der Waals surface area contributed by atoms with E-state index in [0.29, 0.717) is 0 Å². The number of carbonyl (C=O) groups excluding carboxylic acids is 2. The fourth-order valence-electron chi connectivity index (χ4n) is 0.204. The molecule has 0 aliphatic rings. The van der Waals surface area contributed by atoms with Gasteiger partial charge < -0.3 is 19.8 Å². The van der Waals surface area contributed by atoms with Crippen molar-refractivity contribution in [2.24, 2.45) is 0 Å². The van der Waals surface area contributed by atoms with Crippen LogP contribution in [-0.4, -0.2) is 29.2 Å². The van der Waals surface area contributed by atoms with Gasteiger partial charge in [0.1, 0.15) is 0 Å². The van der Waals surface area contributed by atoms with Crippen molar-refractivity contribution in [3.05, 3.63) is 0 Å². The molecule has 0 aromatic rings. The number of carbonyl (C=O) groups is 2. The molecule has 0 saturated heterocycles. The Bertz CT molecular complexity index is 59.6. The molecule has 0 bridgehead atoms. The van der Waals surface area contributed by atoms with Crippen molar-refractivity contribution in [2.45, 2.75) is 25.0 Å². The van der Waals surface area contributed by atoms with Crippen LogP contribution in [-0.2, 0) is 9.59 Å². The quantitative estimate of drug-likeness (QED) is 0.362. The fraction of sp³-hybridized carbons (Fsp3) is 0.667. The van der Waals surface area contributed by atoms with Crippen LogP contribution in [0.4, 0.5) is 0 Å². The van der Waals surface area contributed by atoms with Gasteiger partial charge in [0, 0.05) is 12.9 Å². The standard InChI is InChI=1S/C4H9.2CH2O2.Al/c1-3-4-2;2*2-1-3;/h1,3-4H2,2H3;2*1H,(H,2,3);/q;;;+2/p-2. The fourth-order valence-corrected chi connectivity index (χ4v) is 0.612. The van der Waals surface area contributed by atoms with Crippen molar-refractivity contribution in [1.82, 2.24) is 0 Å². The SMILES string of the molecule is CCC[CH2][Al+2].O=C[O-].O=C[O-]. The van der Waals surface area contributed by atoms with E-state index >= 15 is 0 Å². The maximum absolute atomic E-state index is 8.25. The van der Waals surface area contributed by atoms with Gasteiger partial charge in [-0.2, -0.15) is 0 Å². The molecule has 4 nitrogen and oxygen atoms in total. The maximum atomic E-state index is 8.25. The van der Waals surface area contributed by atoms with Crippen LogP contribution in [0.5, 0.6) is 0 Å². The van der Waals surface area contributed by atoms with Gasteiger partial charge in [0.05, 0.1) is 0 Å². The van der Waals surface area contributed by atoms with Crippen LogP contribution in [0.3, 0.4) is 0 Å². The van der Waals surface area contributed by atoms with Crippen LogP contribution in [0.15, 0.2) is 0 Å². The predicted molar refractivity (Wildman–Crippen MR) is 37.6 cm³/mol. The van der Waals surface area contributed by atoms with E-state index in [1.165, 1.54) is 18.1 Å². The number of unbranched alkanes of at least 4 members (excludes halogenated alkanes) is 1. The van der Waals surface area contributed by atoms with Gasteiger partial charge in [0.15, 0.2) is 0 Å². The average molecular weight is 174 g/mol. The van der Waals surface area contributed by atoms with Crippen molar-refractivity contribution < 1.29 is 19.8 Å². The Kier molecular flexibility index (Phi) is 52.0. The molecule has 0 fully saturated rings. The van der Waals surface area contributed by atoms with Crippen LogP contribution in [0.25, 0.3) is 0 Å². The van der Waals surface area contributed by atoms with Crippen LogP contribution in [0.2, 0.25) is 5.28 Å². The molecule has 0 atom stereocenters. The zero-order chi connectivity index (χ0) is 9.54. The van der Waals surface area contributed by atoms with Crippen molar-refractivity contribution >= 4 is 29.2 Å². The first-order valence-electron chi connectivity index (χ1n) is 3.06. The van der Waals surface area contributed by atoms with Gasteiger partial charge in [-0.05, 0) is 0 Å². The van der Waals surface area contributed by atoms with Gasteiger partial charge in [-0.15, -0.1) is 0 Å². The molecule has 0 radical (unpaired) electrons. The zero-order valence-electron chi connectivity index (χ0n) is 6.49. The Hall–Kier alpha value is -0.528. The van der Waals surface area contributed by atoms with Crippen molar-refractivity contribution in [3.8, 4) is 0 Å². The molecule has 5 heteroatoms. The molecule has 0 rings (SSSR count). The second-order valence-electron chi connectivity index (χ2n) is 1.33. The minimum atomic E-state index is -0.500. The summed E-state index contributed by atoms with van der Waals surface area (Å²) in [5.41, 5.74) is 0. The van der Waals surface area contributed by atoms with E-state index < -0.39 is 12.9 Å². The second-order valence-corrected chi connectivity index (χ2v) is 1.91. The molecule has 11 heavy (non-hydrogen) atoms. The average Bonchev–Trinajstić information content (AvgIpc) is 1.92. The summed E-state index contributed by atoms with van der Waals surface area (Å²) in [5.74, 6) is 0. The third-order valence-corrected chi connectivity index (χ3v) is 0.966. The minimum Gasteiger partial charge on any atom is -0.554 e. The molecule has 62 valence electrons. The summed E-state index contributed by atoms with van der Waals surface area (Å²) in [5, 5.41) is 17.8. The third kappa shape index (κ3) is 244. The Balaban J connectivity index is -0.0000000933. The summed E-state index contributed by atoms with van der Waals surface area (Å²) >= 11 is 2.70. The molecule has 0 aromatic heterocycles. The molecular weight excluding hydrogens is 163 g/mol. The molecule has 0 N–H and O–H groups in total. The van der Waals surface area contributed by atoms with E-state index in [2.05, 4.69) is 23.2 Å². The first kappa shape index (κ1) is 16.8. The van der Waals surface area contributed by atoms with E-state index in [9.17, 15) is 0 Å². The zero-order valence-corrected chi connectivity index (χ0v) is 7.64. The van der Waals surface area contributed by atoms with Gasteiger partial charge in [0.25, 0.3) is 0 Å². The van der Waals surface area contributed by atoms with Gasteiger partial charge >= 0.3 is 41.3 Å². The number of hydrogen-bond acceptors (Lipinski definition) is 4. The number of hydrogen-bond donors (Lipinski definition) is 0. The largest absolute Gasteiger partial charge is 0.554 e. The van der Waals surface area contributed by atoms with Crippen molar-refractivity contribution in [1.29, 1.82) is 0 Å². The topological polar surface area (TPSA) is 80.3 Å². The van der Waals surface area contributed by atoms with Gasteiger partial charge in [0.2, 0.25) is 0 Å².